The van der Waals surface area contributed by atoms with Crippen LogP contribution in [-0.2, 0) is 28.6 Å². The van der Waals surface area contributed by atoms with Crippen molar-refractivity contribution in [3.63, 3.8) is 0 Å². The van der Waals surface area contributed by atoms with Crippen LogP contribution in [0.25, 0.3) is 0 Å². The largest absolute Gasteiger partial charge is 0.462 e. The minimum atomic E-state index is -0.786. The Morgan fingerprint density at radius 1 is 0.260 bits per heavy atom. The molecular weight excluding hydrogens is 949 g/mol. The van der Waals surface area contributed by atoms with Crippen LogP contribution in [0.3, 0.4) is 0 Å². The Bertz CT molecular complexity index is 1420. The number of unbranched alkanes of at least 4 members (excludes halogenated alkanes) is 38. The molecule has 0 amide bonds. The third-order valence-electron chi connectivity index (χ3n) is 14.7. The van der Waals surface area contributed by atoms with E-state index >= 15 is 0 Å². The minimum Gasteiger partial charge on any atom is -0.462 e. The van der Waals surface area contributed by atoms with E-state index in [0.717, 1.165) is 103 Å². The Morgan fingerprint density at radius 3 is 0.779 bits per heavy atom. The Labute approximate surface area is 478 Å². The second-order valence-electron chi connectivity index (χ2n) is 22.4. The van der Waals surface area contributed by atoms with Crippen molar-refractivity contribution < 1.29 is 28.6 Å². The number of esters is 3. The summed E-state index contributed by atoms with van der Waals surface area (Å²) < 4.78 is 16.9. The van der Waals surface area contributed by atoms with E-state index in [0.29, 0.717) is 19.3 Å². The first-order valence-electron chi connectivity index (χ1n) is 33.4. The molecule has 1 atom stereocenters. The van der Waals surface area contributed by atoms with Crippen LogP contribution in [0, 0.1) is 0 Å². The molecule has 0 aromatic carbocycles. The van der Waals surface area contributed by atoms with Crippen LogP contribution in [0.4, 0.5) is 0 Å². The molecule has 0 bridgehead atoms. The van der Waals surface area contributed by atoms with Gasteiger partial charge in [-0.3, -0.25) is 14.4 Å². The lowest BCUT2D eigenvalue weighted by Gasteiger charge is -2.18. The number of carbonyl (C=O) groups is 3. The molecule has 0 N–H and O–H groups in total. The van der Waals surface area contributed by atoms with Gasteiger partial charge < -0.3 is 14.2 Å². The predicted octanol–water partition coefficient (Wildman–Crippen LogP) is 22.9. The summed E-state index contributed by atoms with van der Waals surface area (Å²) in [4.78, 5) is 38.3. The van der Waals surface area contributed by atoms with Crippen molar-refractivity contribution in [2.45, 2.75) is 348 Å². The summed E-state index contributed by atoms with van der Waals surface area (Å²) in [7, 11) is 0. The first kappa shape index (κ1) is 73.8. The van der Waals surface area contributed by atoms with Gasteiger partial charge in [0.05, 0.1) is 0 Å². The van der Waals surface area contributed by atoms with Crippen LogP contribution in [0.15, 0.2) is 72.9 Å². The van der Waals surface area contributed by atoms with E-state index in [-0.39, 0.29) is 31.1 Å². The normalized spacial score (nSPS) is 12.5. The van der Waals surface area contributed by atoms with Crippen molar-refractivity contribution in [2.24, 2.45) is 0 Å². The molecule has 0 aromatic heterocycles. The summed E-state index contributed by atoms with van der Waals surface area (Å²) >= 11 is 0. The molecule has 77 heavy (non-hydrogen) atoms. The molecule has 0 saturated carbocycles. The van der Waals surface area contributed by atoms with E-state index in [1.165, 1.54) is 199 Å². The van der Waals surface area contributed by atoms with Crippen molar-refractivity contribution in [3.05, 3.63) is 72.9 Å². The molecule has 446 valence electrons. The SMILES string of the molecule is CCCC/C=C\C/C=C\CCCCCCCC(=O)OC(COC(=O)CCCCCCC/C=C\CCCCCCC)COC(=O)CCCCCCCCCCCCCCCCCC/C=C\C/C=C\C/C=C\CCCCCCC. The molecule has 6 nitrogen and oxygen atoms in total. The van der Waals surface area contributed by atoms with Gasteiger partial charge in [-0.25, -0.2) is 0 Å². The third kappa shape index (κ3) is 63.6. The fraction of sp³-hybridized carbons (Fsp3) is 0.789. The van der Waals surface area contributed by atoms with Crippen LogP contribution < -0.4 is 0 Å². The van der Waals surface area contributed by atoms with Crippen molar-refractivity contribution in [2.75, 3.05) is 13.2 Å². The first-order chi connectivity index (χ1) is 38.0. The molecule has 0 aliphatic rings. The molecule has 0 aliphatic carbocycles. The number of hydrogen-bond acceptors (Lipinski definition) is 6. The summed E-state index contributed by atoms with van der Waals surface area (Å²) in [6, 6.07) is 0. The zero-order valence-electron chi connectivity index (χ0n) is 51.2. The highest BCUT2D eigenvalue weighted by Crippen LogP contribution is 2.17. The minimum absolute atomic E-state index is 0.0813. The fourth-order valence-corrected chi connectivity index (χ4v) is 9.58. The summed E-state index contributed by atoms with van der Waals surface area (Å²) in [5.41, 5.74) is 0. The molecule has 0 radical (unpaired) electrons. The summed E-state index contributed by atoms with van der Waals surface area (Å²) in [5.74, 6) is -0.890. The molecule has 0 aromatic rings. The number of hydrogen-bond donors (Lipinski definition) is 0. The van der Waals surface area contributed by atoms with Crippen molar-refractivity contribution in [1.29, 1.82) is 0 Å². The zero-order chi connectivity index (χ0) is 55.7. The van der Waals surface area contributed by atoms with Gasteiger partial charge in [0, 0.05) is 19.3 Å². The lowest BCUT2D eigenvalue weighted by atomic mass is 10.0. The maximum absolute atomic E-state index is 12.9. The van der Waals surface area contributed by atoms with E-state index in [2.05, 4.69) is 93.7 Å². The molecule has 0 aliphatic heterocycles. The highest BCUT2D eigenvalue weighted by Gasteiger charge is 2.19. The lowest BCUT2D eigenvalue weighted by molar-refractivity contribution is -0.167. The van der Waals surface area contributed by atoms with Crippen molar-refractivity contribution >= 4 is 17.9 Å². The lowest BCUT2D eigenvalue weighted by Crippen LogP contribution is -2.30. The van der Waals surface area contributed by atoms with E-state index in [1.54, 1.807) is 0 Å². The third-order valence-corrected chi connectivity index (χ3v) is 14.7. The number of carbonyl (C=O) groups excluding carboxylic acids is 3. The molecule has 0 fully saturated rings. The Kier molecular flexibility index (Phi) is 62.7. The molecular formula is C71H126O6. The van der Waals surface area contributed by atoms with Gasteiger partial charge in [-0.15, -0.1) is 0 Å². The van der Waals surface area contributed by atoms with Crippen molar-refractivity contribution in [1.82, 2.24) is 0 Å². The molecule has 1 unspecified atom stereocenters. The zero-order valence-corrected chi connectivity index (χ0v) is 51.2. The van der Waals surface area contributed by atoms with Gasteiger partial charge in [0.25, 0.3) is 0 Å². The Balaban J connectivity index is 4.18. The first-order valence-corrected chi connectivity index (χ1v) is 33.4. The Hall–Kier alpha value is -3.15. The van der Waals surface area contributed by atoms with E-state index in [1.807, 2.05) is 0 Å². The standard InChI is InChI=1S/C71H126O6/c1-4-7-10-13-16-19-22-25-28-29-30-31-32-33-34-35-36-37-38-39-40-41-42-43-44-47-49-52-55-58-61-64-70(73)76-67-68(77-71(74)65-62-59-56-53-50-46-27-24-21-18-15-12-9-6-3)66-75-69(72)63-60-57-54-51-48-45-26-23-20-17-14-11-8-5-2/h15,18,22-27,29-30,32-33,68H,4-14,16-17,19-21,28,31,34-67H2,1-3H3/b18-15-,25-22-,26-23-,27-24-,30-29-,33-32-. The molecule has 0 rings (SSSR count). The van der Waals surface area contributed by atoms with Gasteiger partial charge in [-0.1, -0.05) is 286 Å². The number of rotatable bonds is 61. The highest BCUT2D eigenvalue weighted by molar-refractivity contribution is 5.71. The van der Waals surface area contributed by atoms with Crippen molar-refractivity contribution in [3.8, 4) is 0 Å². The summed E-state index contributed by atoms with van der Waals surface area (Å²) in [6.07, 6.45) is 85.0. The van der Waals surface area contributed by atoms with Gasteiger partial charge in [-0.05, 0) is 109 Å². The topological polar surface area (TPSA) is 78.9 Å². The highest BCUT2D eigenvalue weighted by atomic mass is 16.6. The second kappa shape index (κ2) is 65.4. The van der Waals surface area contributed by atoms with Crippen LogP contribution in [-0.4, -0.2) is 37.2 Å². The second-order valence-corrected chi connectivity index (χ2v) is 22.4. The molecule has 6 heteroatoms. The van der Waals surface area contributed by atoms with Gasteiger partial charge in [0.1, 0.15) is 13.2 Å². The maximum Gasteiger partial charge on any atom is 0.306 e. The fourth-order valence-electron chi connectivity index (χ4n) is 9.58. The molecule has 0 spiro atoms. The molecule has 0 heterocycles. The van der Waals surface area contributed by atoms with Gasteiger partial charge in [0.2, 0.25) is 0 Å². The van der Waals surface area contributed by atoms with E-state index < -0.39 is 6.10 Å². The van der Waals surface area contributed by atoms with E-state index in [9.17, 15) is 14.4 Å². The number of allylic oxidation sites excluding steroid dienone is 12. The predicted molar refractivity (Wildman–Crippen MR) is 335 cm³/mol. The average Bonchev–Trinajstić information content (AvgIpc) is 3.43. The van der Waals surface area contributed by atoms with Gasteiger partial charge >= 0.3 is 17.9 Å². The van der Waals surface area contributed by atoms with Crippen LogP contribution in [0.1, 0.15) is 342 Å². The monoisotopic (exact) mass is 1070 g/mol. The molecule has 0 saturated heterocycles. The average molecular weight is 1080 g/mol. The van der Waals surface area contributed by atoms with Crippen LogP contribution in [0.5, 0.6) is 0 Å². The van der Waals surface area contributed by atoms with Gasteiger partial charge in [-0.2, -0.15) is 0 Å². The smallest absolute Gasteiger partial charge is 0.306 e. The van der Waals surface area contributed by atoms with Crippen LogP contribution >= 0.6 is 0 Å². The summed E-state index contributed by atoms with van der Waals surface area (Å²) in [6.45, 7) is 6.59. The number of ether oxygens (including phenoxy) is 3. The maximum atomic E-state index is 12.9. The van der Waals surface area contributed by atoms with E-state index in [4.69, 9.17) is 14.2 Å². The quantitative estimate of drug-likeness (QED) is 0.0261. The Morgan fingerprint density at radius 2 is 0.481 bits per heavy atom. The summed E-state index contributed by atoms with van der Waals surface area (Å²) in [5, 5.41) is 0. The van der Waals surface area contributed by atoms with Crippen LogP contribution in [0.2, 0.25) is 0 Å². The van der Waals surface area contributed by atoms with Gasteiger partial charge in [0.15, 0.2) is 6.10 Å².